The first kappa shape index (κ1) is 17.3. The van der Waals surface area contributed by atoms with E-state index in [0.29, 0.717) is 30.3 Å². The Morgan fingerprint density at radius 3 is 2.52 bits per heavy atom. The number of hydrogen-bond donors (Lipinski definition) is 0. The normalized spacial score (nSPS) is 10.3. The molecule has 0 heterocycles. The Bertz CT molecular complexity index is 698. The van der Waals surface area contributed by atoms with Gasteiger partial charge in [-0.1, -0.05) is 28.1 Å². The molecule has 0 N–H and O–H groups in total. The van der Waals surface area contributed by atoms with E-state index in [1.807, 2.05) is 32.0 Å². The third-order valence-corrected chi connectivity index (χ3v) is 4.00. The third kappa shape index (κ3) is 4.26. The summed E-state index contributed by atoms with van der Waals surface area (Å²) in [7, 11) is 1.54. The van der Waals surface area contributed by atoms with Gasteiger partial charge in [0.05, 0.1) is 12.7 Å². The number of methoxy groups -OCH3 is 1. The van der Waals surface area contributed by atoms with E-state index in [1.54, 1.807) is 12.1 Å². The predicted molar refractivity (Wildman–Crippen MR) is 93.0 cm³/mol. The molecule has 0 radical (unpaired) electrons. The zero-order valence-electron chi connectivity index (χ0n) is 13.4. The number of aldehydes is 1. The van der Waals surface area contributed by atoms with Crippen molar-refractivity contribution in [3.63, 3.8) is 0 Å². The van der Waals surface area contributed by atoms with Crippen LogP contribution in [0, 0.1) is 13.8 Å². The number of carbonyl (C=O) groups excluding carboxylic acids is 1. The first-order valence-electron chi connectivity index (χ1n) is 7.21. The number of hydrogen-bond acceptors (Lipinski definition) is 4. The summed E-state index contributed by atoms with van der Waals surface area (Å²) < 4.78 is 17.5. The van der Waals surface area contributed by atoms with Gasteiger partial charge in [0.25, 0.3) is 0 Å². The number of ether oxygens (including phenoxy) is 3. The van der Waals surface area contributed by atoms with Crippen molar-refractivity contribution in [2.75, 3.05) is 20.3 Å². The van der Waals surface area contributed by atoms with E-state index in [2.05, 4.69) is 15.9 Å². The van der Waals surface area contributed by atoms with E-state index in [9.17, 15) is 4.79 Å². The van der Waals surface area contributed by atoms with Gasteiger partial charge in [0.15, 0.2) is 17.8 Å². The van der Waals surface area contributed by atoms with E-state index < -0.39 is 0 Å². The van der Waals surface area contributed by atoms with Gasteiger partial charge in [-0.3, -0.25) is 4.79 Å². The van der Waals surface area contributed by atoms with Gasteiger partial charge in [0.2, 0.25) is 0 Å². The molecule has 0 unspecified atom stereocenters. The molecule has 0 aliphatic carbocycles. The quantitative estimate of drug-likeness (QED) is 0.530. The Morgan fingerprint density at radius 2 is 1.83 bits per heavy atom. The Hall–Kier alpha value is -2.01. The monoisotopic (exact) mass is 378 g/mol. The molecule has 2 rings (SSSR count). The summed E-state index contributed by atoms with van der Waals surface area (Å²) in [5.74, 6) is 1.77. The average molecular weight is 379 g/mol. The molecular formula is C18H19BrO4. The highest BCUT2D eigenvalue weighted by Gasteiger charge is 2.12. The number of halogens is 1. The maximum atomic E-state index is 11.2. The van der Waals surface area contributed by atoms with Crippen LogP contribution in [0.4, 0.5) is 0 Å². The van der Waals surface area contributed by atoms with Gasteiger partial charge in [-0.2, -0.15) is 0 Å². The van der Waals surface area contributed by atoms with Crippen LogP contribution in [0.5, 0.6) is 17.2 Å². The first-order valence-corrected chi connectivity index (χ1v) is 8.00. The molecular weight excluding hydrogens is 360 g/mol. The van der Waals surface area contributed by atoms with Crippen molar-refractivity contribution in [3.8, 4) is 17.2 Å². The minimum Gasteiger partial charge on any atom is -0.493 e. The van der Waals surface area contributed by atoms with Crippen LogP contribution in [-0.4, -0.2) is 26.6 Å². The summed E-state index contributed by atoms with van der Waals surface area (Å²) in [5, 5.41) is 0. The van der Waals surface area contributed by atoms with Crippen LogP contribution in [0.1, 0.15) is 21.5 Å². The summed E-state index contributed by atoms with van der Waals surface area (Å²) in [4.78, 5) is 11.2. The van der Waals surface area contributed by atoms with Crippen LogP contribution >= 0.6 is 15.9 Å². The van der Waals surface area contributed by atoms with Crippen LogP contribution in [-0.2, 0) is 0 Å². The molecule has 0 aliphatic heterocycles. The molecule has 0 saturated carbocycles. The second kappa shape index (κ2) is 8.02. The lowest BCUT2D eigenvalue weighted by Crippen LogP contribution is -2.11. The number of rotatable bonds is 7. The Balaban J connectivity index is 2.01. The van der Waals surface area contributed by atoms with Gasteiger partial charge in [-0.05, 0) is 43.2 Å². The molecule has 2 aromatic carbocycles. The first-order chi connectivity index (χ1) is 11.1. The van der Waals surface area contributed by atoms with Gasteiger partial charge in [0.1, 0.15) is 19.0 Å². The molecule has 0 spiro atoms. The molecule has 2 aromatic rings. The van der Waals surface area contributed by atoms with Gasteiger partial charge >= 0.3 is 0 Å². The topological polar surface area (TPSA) is 44.8 Å². The lowest BCUT2D eigenvalue weighted by atomic mass is 10.1. The van der Waals surface area contributed by atoms with Crippen LogP contribution < -0.4 is 14.2 Å². The van der Waals surface area contributed by atoms with E-state index in [0.717, 1.165) is 22.1 Å². The average Bonchev–Trinajstić information content (AvgIpc) is 2.55. The number of benzene rings is 2. The van der Waals surface area contributed by atoms with Crippen LogP contribution in [0.25, 0.3) is 0 Å². The summed E-state index contributed by atoms with van der Waals surface area (Å²) in [6.45, 7) is 4.75. The minimum atomic E-state index is 0.312. The second-order valence-corrected chi connectivity index (χ2v) is 5.95. The highest BCUT2D eigenvalue weighted by Crippen LogP contribution is 2.34. The van der Waals surface area contributed by atoms with E-state index in [4.69, 9.17) is 14.2 Å². The molecule has 0 aliphatic rings. The van der Waals surface area contributed by atoms with Gasteiger partial charge in [0, 0.05) is 4.47 Å². The van der Waals surface area contributed by atoms with Crippen molar-refractivity contribution < 1.29 is 19.0 Å². The third-order valence-electron chi connectivity index (χ3n) is 3.54. The van der Waals surface area contributed by atoms with Crippen molar-refractivity contribution in [2.24, 2.45) is 0 Å². The summed E-state index contributed by atoms with van der Waals surface area (Å²) in [5.41, 5.74) is 2.73. The van der Waals surface area contributed by atoms with Gasteiger partial charge in [-0.15, -0.1) is 0 Å². The number of carbonyl (C=O) groups is 1. The molecule has 4 nitrogen and oxygen atoms in total. The molecule has 0 fully saturated rings. The van der Waals surface area contributed by atoms with Crippen molar-refractivity contribution in [2.45, 2.75) is 13.8 Å². The molecule has 122 valence electrons. The summed E-state index contributed by atoms with van der Waals surface area (Å²) >= 11 is 3.34. The van der Waals surface area contributed by atoms with E-state index in [-0.39, 0.29) is 0 Å². The fraction of sp³-hybridized carbons (Fsp3) is 0.278. The fourth-order valence-electron chi connectivity index (χ4n) is 2.16. The molecule has 0 saturated heterocycles. The fourth-order valence-corrected chi connectivity index (χ4v) is 2.61. The van der Waals surface area contributed by atoms with E-state index >= 15 is 0 Å². The highest BCUT2D eigenvalue weighted by molar-refractivity contribution is 9.10. The molecule has 0 atom stereocenters. The predicted octanol–water partition coefficient (Wildman–Crippen LogP) is 4.34. The zero-order valence-corrected chi connectivity index (χ0v) is 15.0. The van der Waals surface area contributed by atoms with Gasteiger partial charge in [-0.25, -0.2) is 0 Å². The van der Waals surface area contributed by atoms with E-state index in [1.165, 1.54) is 12.7 Å². The Kier molecular flexibility index (Phi) is 6.04. The van der Waals surface area contributed by atoms with Crippen LogP contribution in [0.2, 0.25) is 0 Å². The summed E-state index contributed by atoms with van der Waals surface area (Å²) in [6.07, 6.45) is 0.744. The molecule has 0 amide bonds. The van der Waals surface area contributed by atoms with Gasteiger partial charge < -0.3 is 14.2 Å². The van der Waals surface area contributed by atoms with Crippen molar-refractivity contribution in [1.29, 1.82) is 0 Å². The molecule has 23 heavy (non-hydrogen) atoms. The summed E-state index contributed by atoms with van der Waals surface area (Å²) in [6, 6.07) is 9.38. The number of aryl methyl sites for hydroxylation is 1. The largest absolute Gasteiger partial charge is 0.493 e. The Labute approximate surface area is 144 Å². The van der Waals surface area contributed by atoms with Crippen molar-refractivity contribution in [3.05, 3.63) is 51.5 Å². The second-order valence-electron chi connectivity index (χ2n) is 5.04. The van der Waals surface area contributed by atoms with Crippen molar-refractivity contribution in [1.82, 2.24) is 0 Å². The minimum absolute atomic E-state index is 0.312. The lowest BCUT2D eigenvalue weighted by molar-refractivity contribution is 0.111. The molecule has 0 bridgehead atoms. The maximum absolute atomic E-state index is 11.2. The van der Waals surface area contributed by atoms with Crippen LogP contribution in [0.3, 0.4) is 0 Å². The standard InChI is InChI=1S/C18H19BrO4/c1-12-5-4-6-16(13(12)2)22-7-8-23-18-14(11-20)9-15(19)10-17(18)21-3/h4-6,9-11H,7-8H2,1-3H3. The highest BCUT2D eigenvalue weighted by atomic mass is 79.9. The maximum Gasteiger partial charge on any atom is 0.171 e. The van der Waals surface area contributed by atoms with Crippen molar-refractivity contribution >= 4 is 22.2 Å². The molecule has 0 aromatic heterocycles. The molecule has 5 heteroatoms. The zero-order chi connectivity index (χ0) is 16.8. The Morgan fingerprint density at radius 1 is 1.09 bits per heavy atom. The lowest BCUT2D eigenvalue weighted by Gasteiger charge is -2.14. The smallest absolute Gasteiger partial charge is 0.171 e. The SMILES string of the molecule is COc1cc(Br)cc(C=O)c1OCCOc1cccc(C)c1C. The van der Waals surface area contributed by atoms with Crippen LogP contribution in [0.15, 0.2) is 34.8 Å².